The number of halogens is 6. The fraction of sp³-hybridized carbons (Fsp3) is 0.682. The van der Waals surface area contributed by atoms with Crippen molar-refractivity contribution in [3.05, 3.63) is 34.9 Å². The van der Waals surface area contributed by atoms with E-state index in [9.17, 15) is 36.2 Å². The molecule has 1 amide bonds. The SMILES string of the molecule is CCCC(CCC(=O)NCc1cc(C(F)(F)F)cc(C(F)(F)F)c1)NC1CCOCC1(C)O. The van der Waals surface area contributed by atoms with Crippen LogP contribution >= 0.6 is 0 Å². The Morgan fingerprint density at radius 2 is 1.76 bits per heavy atom. The van der Waals surface area contributed by atoms with Crippen LogP contribution < -0.4 is 10.6 Å². The Balaban J connectivity index is 1.97. The van der Waals surface area contributed by atoms with E-state index in [1.165, 1.54) is 0 Å². The number of carbonyl (C=O) groups is 1. The minimum atomic E-state index is -4.94. The van der Waals surface area contributed by atoms with Crippen molar-refractivity contribution in [3.8, 4) is 0 Å². The van der Waals surface area contributed by atoms with E-state index in [0.29, 0.717) is 31.6 Å². The largest absolute Gasteiger partial charge is 0.416 e. The number of nitrogens with one attached hydrogen (secondary N) is 2. The first-order valence-electron chi connectivity index (χ1n) is 10.8. The van der Waals surface area contributed by atoms with Gasteiger partial charge in [0.1, 0.15) is 5.60 Å². The number of amides is 1. The van der Waals surface area contributed by atoms with E-state index < -0.39 is 41.5 Å². The van der Waals surface area contributed by atoms with E-state index in [1.807, 2.05) is 6.92 Å². The van der Waals surface area contributed by atoms with Gasteiger partial charge >= 0.3 is 12.4 Å². The van der Waals surface area contributed by atoms with Gasteiger partial charge in [0, 0.05) is 31.7 Å². The molecule has 1 aromatic carbocycles. The lowest BCUT2D eigenvalue weighted by Crippen LogP contribution is -2.57. The van der Waals surface area contributed by atoms with Crippen LogP contribution in [0.2, 0.25) is 0 Å². The Morgan fingerprint density at radius 3 is 2.27 bits per heavy atom. The maximum absolute atomic E-state index is 13.0. The topological polar surface area (TPSA) is 70.6 Å². The van der Waals surface area contributed by atoms with Crippen molar-refractivity contribution in [3.63, 3.8) is 0 Å². The Kier molecular flexibility index (Phi) is 9.17. The van der Waals surface area contributed by atoms with Crippen LogP contribution in [0.3, 0.4) is 0 Å². The molecule has 5 nitrogen and oxygen atoms in total. The molecule has 3 unspecified atom stereocenters. The molecular formula is C22H30F6N2O3. The van der Waals surface area contributed by atoms with E-state index in [-0.39, 0.29) is 36.7 Å². The molecule has 33 heavy (non-hydrogen) atoms. The summed E-state index contributed by atoms with van der Waals surface area (Å²) in [5.74, 6) is -0.484. The molecule has 1 saturated heterocycles. The summed E-state index contributed by atoms with van der Waals surface area (Å²) in [6.45, 7) is 3.89. The Hall–Kier alpha value is -1.85. The molecule has 1 fully saturated rings. The van der Waals surface area contributed by atoms with Crippen LogP contribution in [0.5, 0.6) is 0 Å². The van der Waals surface area contributed by atoms with Crippen LogP contribution in [0, 0.1) is 0 Å². The fourth-order valence-corrected chi connectivity index (χ4v) is 3.81. The highest BCUT2D eigenvalue weighted by Gasteiger charge is 2.37. The first-order chi connectivity index (χ1) is 15.2. The summed E-state index contributed by atoms with van der Waals surface area (Å²) >= 11 is 0. The van der Waals surface area contributed by atoms with E-state index in [0.717, 1.165) is 12.8 Å². The van der Waals surface area contributed by atoms with Crippen LogP contribution in [0.15, 0.2) is 18.2 Å². The van der Waals surface area contributed by atoms with E-state index in [4.69, 9.17) is 4.74 Å². The minimum Gasteiger partial charge on any atom is -0.386 e. The number of ether oxygens (including phenoxy) is 1. The van der Waals surface area contributed by atoms with Crippen LogP contribution in [-0.4, -0.2) is 41.9 Å². The van der Waals surface area contributed by atoms with Crippen molar-refractivity contribution in [2.24, 2.45) is 0 Å². The smallest absolute Gasteiger partial charge is 0.386 e. The maximum atomic E-state index is 13.0. The van der Waals surface area contributed by atoms with Gasteiger partial charge in [-0.3, -0.25) is 4.79 Å². The third kappa shape index (κ3) is 8.46. The molecule has 3 N–H and O–H groups in total. The molecule has 1 heterocycles. The molecule has 0 saturated carbocycles. The van der Waals surface area contributed by atoms with Gasteiger partial charge in [0.15, 0.2) is 0 Å². The molecule has 11 heteroatoms. The second kappa shape index (κ2) is 11.1. The van der Waals surface area contributed by atoms with E-state index in [2.05, 4.69) is 10.6 Å². The van der Waals surface area contributed by atoms with E-state index >= 15 is 0 Å². The van der Waals surface area contributed by atoms with Crippen LogP contribution in [0.25, 0.3) is 0 Å². The average Bonchev–Trinajstić information content (AvgIpc) is 2.70. The summed E-state index contributed by atoms with van der Waals surface area (Å²) in [4.78, 5) is 12.3. The lowest BCUT2D eigenvalue weighted by atomic mass is 9.91. The van der Waals surface area contributed by atoms with Gasteiger partial charge in [0.25, 0.3) is 0 Å². The molecule has 0 aromatic heterocycles. The second-order valence-electron chi connectivity index (χ2n) is 8.63. The second-order valence-corrected chi connectivity index (χ2v) is 8.63. The molecule has 0 aliphatic carbocycles. The molecule has 1 aliphatic rings. The maximum Gasteiger partial charge on any atom is 0.416 e. The van der Waals surface area contributed by atoms with Crippen LogP contribution in [0.4, 0.5) is 26.3 Å². The molecule has 2 rings (SSSR count). The zero-order valence-corrected chi connectivity index (χ0v) is 18.6. The standard InChI is InChI=1S/C22H30F6N2O3/c1-3-4-17(30-18-7-8-33-13-20(18,2)32)5-6-19(31)29-12-14-9-15(21(23,24)25)11-16(10-14)22(26,27)28/h9-11,17-18,30,32H,3-8,12-13H2,1-2H3,(H,29,31). The van der Waals surface area contributed by atoms with Crippen molar-refractivity contribution < 1.29 is 41.0 Å². The van der Waals surface area contributed by atoms with Crippen molar-refractivity contribution in [1.82, 2.24) is 10.6 Å². The predicted octanol–water partition coefficient (Wildman–Crippen LogP) is 4.42. The molecule has 0 radical (unpaired) electrons. The number of hydrogen-bond acceptors (Lipinski definition) is 4. The van der Waals surface area contributed by atoms with Gasteiger partial charge in [-0.2, -0.15) is 26.3 Å². The molecule has 3 atom stereocenters. The van der Waals surface area contributed by atoms with Crippen LogP contribution in [0.1, 0.15) is 62.6 Å². The lowest BCUT2D eigenvalue weighted by molar-refractivity contribution is -0.143. The lowest BCUT2D eigenvalue weighted by Gasteiger charge is -2.39. The van der Waals surface area contributed by atoms with Gasteiger partial charge in [-0.25, -0.2) is 0 Å². The van der Waals surface area contributed by atoms with Gasteiger partial charge in [0.05, 0.1) is 17.7 Å². The molecule has 0 spiro atoms. The van der Waals surface area contributed by atoms with Gasteiger partial charge in [-0.1, -0.05) is 13.3 Å². The van der Waals surface area contributed by atoms with Crippen molar-refractivity contribution in [2.45, 2.75) is 82.5 Å². The summed E-state index contributed by atoms with van der Waals surface area (Å²) in [7, 11) is 0. The zero-order chi connectivity index (χ0) is 24.9. The Labute approximate surface area is 188 Å². The number of aliphatic hydroxyl groups is 1. The predicted molar refractivity (Wildman–Crippen MR) is 109 cm³/mol. The van der Waals surface area contributed by atoms with Gasteiger partial charge in [-0.05, 0) is 49.9 Å². The zero-order valence-electron chi connectivity index (χ0n) is 18.6. The number of benzene rings is 1. The van der Waals surface area contributed by atoms with Crippen molar-refractivity contribution in [1.29, 1.82) is 0 Å². The third-order valence-electron chi connectivity index (χ3n) is 5.63. The first-order valence-corrected chi connectivity index (χ1v) is 10.8. The van der Waals surface area contributed by atoms with Crippen molar-refractivity contribution >= 4 is 5.91 Å². The summed E-state index contributed by atoms with van der Waals surface area (Å²) < 4.78 is 83.2. The number of alkyl halides is 6. The fourth-order valence-electron chi connectivity index (χ4n) is 3.81. The monoisotopic (exact) mass is 484 g/mol. The Morgan fingerprint density at radius 1 is 1.15 bits per heavy atom. The first kappa shape index (κ1) is 27.4. The third-order valence-corrected chi connectivity index (χ3v) is 5.63. The molecular weight excluding hydrogens is 454 g/mol. The van der Waals surface area contributed by atoms with Gasteiger partial charge in [-0.15, -0.1) is 0 Å². The van der Waals surface area contributed by atoms with Gasteiger partial charge < -0.3 is 20.5 Å². The summed E-state index contributed by atoms with van der Waals surface area (Å²) in [6, 6.07) is 0.962. The molecule has 0 bridgehead atoms. The highest BCUT2D eigenvalue weighted by molar-refractivity contribution is 5.75. The summed E-state index contributed by atoms with van der Waals surface area (Å²) in [5.41, 5.74) is -4.17. The number of hydrogen-bond donors (Lipinski definition) is 3. The minimum absolute atomic E-state index is 0.0358. The Bertz CT molecular complexity index is 763. The normalized spacial score (nSPS) is 22.8. The quantitative estimate of drug-likeness (QED) is 0.454. The average molecular weight is 484 g/mol. The number of rotatable bonds is 9. The van der Waals surface area contributed by atoms with Crippen molar-refractivity contribution in [2.75, 3.05) is 13.2 Å². The summed E-state index contributed by atoms with van der Waals surface area (Å²) in [5, 5.41) is 16.2. The van der Waals surface area contributed by atoms with E-state index in [1.54, 1.807) is 6.92 Å². The summed E-state index contributed by atoms with van der Waals surface area (Å²) in [6.07, 6.45) is -7.26. The number of carbonyl (C=O) groups excluding carboxylic acids is 1. The molecule has 1 aliphatic heterocycles. The van der Waals surface area contributed by atoms with Crippen LogP contribution in [-0.2, 0) is 28.4 Å². The van der Waals surface area contributed by atoms with Gasteiger partial charge in [0.2, 0.25) is 5.91 Å². The highest BCUT2D eigenvalue weighted by atomic mass is 19.4. The highest BCUT2D eigenvalue weighted by Crippen LogP contribution is 2.36. The molecule has 188 valence electrons. The molecule has 1 aromatic rings.